The summed E-state index contributed by atoms with van der Waals surface area (Å²) in [5.74, 6) is 0.0452. The largest absolute Gasteiger partial charge is 0.492 e. The van der Waals surface area contributed by atoms with Crippen molar-refractivity contribution in [2.24, 2.45) is 0 Å². The van der Waals surface area contributed by atoms with Gasteiger partial charge in [-0.15, -0.1) is 5.10 Å². The van der Waals surface area contributed by atoms with Gasteiger partial charge < -0.3 is 10.6 Å². The van der Waals surface area contributed by atoms with E-state index in [1.807, 2.05) is 30.3 Å². The first-order chi connectivity index (χ1) is 6.36. The Morgan fingerprint density at radius 1 is 1.21 bits per heavy atom. The number of aromatic nitrogens is 3. The van der Waals surface area contributed by atoms with Crippen LogP contribution in [0.5, 0.6) is 5.88 Å². The van der Waals surface area contributed by atoms with Crippen molar-refractivity contribution < 1.29 is 10.6 Å². The van der Waals surface area contributed by atoms with E-state index in [2.05, 4.69) is 15.4 Å². The smallest absolute Gasteiger partial charge is 0.231 e. The molecular weight excluding hydrogens is 182 g/mol. The quantitative estimate of drug-likeness (QED) is 0.717. The lowest BCUT2D eigenvalue weighted by Crippen LogP contribution is -1.88. The van der Waals surface area contributed by atoms with E-state index >= 15 is 0 Å². The number of benzene rings is 1. The minimum Gasteiger partial charge on any atom is -0.492 e. The predicted molar refractivity (Wildman–Crippen MR) is 50.9 cm³/mol. The topological polar surface area (TPSA) is 93.3 Å². The molecule has 5 nitrogen and oxygen atoms in total. The molecule has 0 radical (unpaired) electrons. The zero-order valence-corrected chi connectivity index (χ0v) is 7.44. The number of nitrogens with one attached hydrogen (secondary N) is 1. The van der Waals surface area contributed by atoms with E-state index in [4.69, 9.17) is 0 Å². The van der Waals surface area contributed by atoms with Crippen LogP contribution >= 0.6 is 0 Å². The van der Waals surface area contributed by atoms with Gasteiger partial charge in [0.2, 0.25) is 5.88 Å². The van der Waals surface area contributed by atoms with Crippen LogP contribution < -0.4 is 0 Å². The van der Waals surface area contributed by atoms with E-state index in [-0.39, 0.29) is 11.4 Å². The first-order valence-electron chi connectivity index (χ1n) is 3.99. The number of nitrogens with zero attached hydrogens (tertiary/aromatic N) is 2. The van der Waals surface area contributed by atoms with Gasteiger partial charge in [-0.2, -0.15) is 0 Å². The molecule has 0 aliphatic carbocycles. The highest BCUT2D eigenvalue weighted by Gasteiger charge is 2.05. The molecule has 0 atom stereocenters. The molecule has 0 saturated carbocycles. The van der Waals surface area contributed by atoms with Crippen LogP contribution in [0, 0.1) is 0 Å². The molecule has 0 spiro atoms. The average molecular weight is 193 g/mol. The molecule has 0 saturated heterocycles. The Labute approximate surface area is 80.7 Å². The van der Waals surface area contributed by atoms with Gasteiger partial charge in [-0.1, -0.05) is 35.5 Å². The summed E-state index contributed by atoms with van der Waals surface area (Å²) in [6.07, 6.45) is 0.600. The summed E-state index contributed by atoms with van der Waals surface area (Å²) in [7, 11) is 0. The Kier molecular flexibility index (Phi) is 3.19. The van der Waals surface area contributed by atoms with Gasteiger partial charge in [0, 0.05) is 6.42 Å². The molecule has 5 heteroatoms. The first-order valence-corrected chi connectivity index (χ1v) is 3.99. The van der Waals surface area contributed by atoms with E-state index < -0.39 is 0 Å². The van der Waals surface area contributed by atoms with E-state index in [1.165, 1.54) is 0 Å². The molecule has 4 N–H and O–H groups in total. The minimum absolute atomic E-state index is 0. The Hall–Kier alpha value is -1.88. The highest BCUT2D eigenvalue weighted by molar-refractivity contribution is 5.25. The monoisotopic (exact) mass is 193 g/mol. The molecule has 74 valence electrons. The summed E-state index contributed by atoms with van der Waals surface area (Å²) in [6, 6.07) is 9.81. The lowest BCUT2D eigenvalue weighted by molar-refractivity contribution is 0.447. The molecule has 0 amide bonds. The van der Waals surface area contributed by atoms with Gasteiger partial charge in [0.15, 0.2) is 0 Å². The second-order valence-electron chi connectivity index (χ2n) is 2.77. The number of hydrogen-bond acceptors (Lipinski definition) is 3. The molecule has 2 rings (SSSR count). The van der Waals surface area contributed by atoms with Crippen LogP contribution in [0.1, 0.15) is 11.3 Å². The normalized spacial score (nSPS) is 9.43. The molecule has 1 aromatic heterocycles. The minimum atomic E-state index is 0. The third-order valence-electron chi connectivity index (χ3n) is 1.81. The molecule has 2 aromatic rings. The Morgan fingerprint density at radius 3 is 2.50 bits per heavy atom. The van der Waals surface area contributed by atoms with Crippen LogP contribution in [0.25, 0.3) is 0 Å². The van der Waals surface area contributed by atoms with Crippen molar-refractivity contribution >= 4 is 0 Å². The summed E-state index contributed by atoms with van der Waals surface area (Å²) in [5, 5.41) is 18.9. The lowest BCUT2D eigenvalue weighted by atomic mass is 10.1. The second-order valence-corrected chi connectivity index (χ2v) is 2.77. The van der Waals surface area contributed by atoms with Gasteiger partial charge in [-0.25, -0.2) is 5.10 Å². The van der Waals surface area contributed by atoms with Crippen LogP contribution in [-0.4, -0.2) is 26.0 Å². The fourth-order valence-electron chi connectivity index (χ4n) is 1.15. The van der Waals surface area contributed by atoms with Gasteiger partial charge in [-0.3, -0.25) is 0 Å². The van der Waals surface area contributed by atoms with Crippen LogP contribution in [-0.2, 0) is 6.42 Å². The van der Waals surface area contributed by atoms with Crippen molar-refractivity contribution in [3.8, 4) is 5.88 Å². The van der Waals surface area contributed by atoms with Crippen LogP contribution in [0.4, 0.5) is 0 Å². The highest BCUT2D eigenvalue weighted by Crippen LogP contribution is 2.13. The maximum absolute atomic E-state index is 9.23. The maximum atomic E-state index is 9.23. The Morgan fingerprint density at radius 2 is 1.93 bits per heavy atom. The third-order valence-corrected chi connectivity index (χ3v) is 1.81. The van der Waals surface area contributed by atoms with Gasteiger partial charge in [0.05, 0.1) is 0 Å². The lowest BCUT2D eigenvalue weighted by Gasteiger charge is -1.96. The number of rotatable bonds is 2. The van der Waals surface area contributed by atoms with Crippen molar-refractivity contribution in [1.82, 2.24) is 15.4 Å². The zero-order chi connectivity index (χ0) is 9.10. The second kappa shape index (κ2) is 4.38. The van der Waals surface area contributed by atoms with Gasteiger partial charge in [-0.05, 0) is 5.56 Å². The molecule has 0 aliphatic rings. The molecule has 1 aromatic carbocycles. The summed E-state index contributed by atoms with van der Waals surface area (Å²) >= 11 is 0. The van der Waals surface area contributed by atoms with Gasteiger partial charge in [0.25, 0.3) is 0 Å². The van der Waals surface area contributed by atoms with Crippen molar-refractivity contribution in [2.45, 2.75) is 6.42 Å². The number of hydrogen-bond donors (Lipinski definition) is 2. The van der Waals surface area contributed by atoms with E-state index in [0.29, 0.717) is 12.1 Å². The molecular formula is C9H11N3O2. The molecule has 14 heavy (non-hydrogen) atoms. The molecule has 0 unspecified atom stereocenters. The van der Waals surface area contributed by atoms with Crippen LogP contribution in [0.15, 0.2) is 30.3 Å². The fourth-order valence-corrected chi connectivity index (χ4v) is 1.15. The molecule has 1 heterocycles. The summed E-state index contributed by atoms with van der Waals surface area (Å²) in [6.45, 7) is 0. The third kappa shape index (κ3) is 2.08. The van der Waals surface area contributed by atoms with E-state index in [1.54, 1.807) is 0 Å². The summed E-state index contributed by atoms with van der Waals surface area (Å²) in [4.78, 5) is 0. The van der Waals surface area contributed by atoms with Crippen molar-refractivity contribution in [3.05, 3.63) is 41.6 Å². The van der Waals surface area contributed by atoms with Crippen molar-refractivity contribution in [3.63, 3.8) is 0 Å². The Balaban J connectivity index is 0.000000980. The van der Waals surface area contributed by atoms with E-state index in [0.717, 1.165) is 5.56 Å². The fraction of sp³-hybridized carbons (Fsp3) is 0.111. The van der Waals surface area contributed by atoms with Gasteiger partial charge >= 0.3 is 0 Å². The maximum Gasteiger partial charge on any atom is 0.231 e. The summed E-state index contributed by atoms with van der Waals surface area (Å²) in [5.41, 5.74) is 1.68. The standard InChI is InChI=1S/C9H9N3O.H2O/c13-9-8(10-12-11-9)6-7-4-2-1-3-5-7;/h1-5H,6H2,(H2,10,11,12,13);1H2. The summed E-state index contributed by atoms with van der Waals surface area (Å²) < 4.78 is 0. The predicted octanol–water partition coefficient (Wildman–Crippen LogP) is 0.276. The zero-order valence-electron chi connectivity index (χ0n) is 7.44. The average Bonchev–Trinajstić information content (AvgIpc) is 2.54. The van der Waals surface area contributed by atoms with Crippen LogP contribution in [0.2, 0.25) is 0 Å². The van der Waals surface area contributed by atoms with Gasteiger partial charge in [0.1, 0.15) is 5.69 Å². The van der Waals surface area contributed by atoms with Crippen molar-refractivity contribution in [1.29, 1.82) is 0 Å². The highest BCUT2D eigenvalue weighted by atomic mass is 16.3. The van der Waals surface area contributed by atoms with E-state index in [9.17, 15) is 5.11 Å². The number of aromatic hydroxyl groups is 1. The van der Waals surface area contributed by atoms with Crippen molar-refractivity contribution in [2.75, 3.05) is 0 Å². The first kappa shape index (κ1) is 10.2. The number of H-pyrrole nitrogens is 1. The molecule has 0 aliphatic heterocycles. The van der Waals surface area contributed by atoms with Crippen LogP contribution in [0.3, 0.4) is 0 Å². The SMILES string of the molecule is O.Oc1[nH]nnc1Cc1ccccc1. The number of aromatic amines is 1. The molecule has 0 fully saturated rings. The Bertz CT molecular complexity index is 386. The molecule has 0 bridgehead atoms.